The number of nitrogens with two attached hydrogens (primary N) is 1. The molecule has 0 heterocycles. The lowest BCUT2D eigenvalue weighted by Crippen LogP contribution is -2.34. The summed E-state index contributed by atoms with van der Waals surface area (Å²) in [5, 5.41) is 9.77. The van der Waals surface area contributed by atoms with Crippen LogP contribution in [0.4, 0.5) is 0 Å². The molecule has 96 valence electrons. The third-order valence-electron chi connectivity index (χ3n) is 3.05. The average Bonchev–Trinajstić information content (AvgIpc) is 2.29. The maximum absolute atomic E-state index is 9.77. The lowest BCUT2D eigenvalue weighted by Gasteiger charge is -2.20. The van der Waals surface area contributed by atoms with E-state index in [0.29, 0.717) is 6.54 Å². The number of hydrogen-bond acceptors (Lipinski definition) is 3. The summed E-state index contributed by atoms with van der Waals surface area (Å²) >= 11 is 1.84. The smallest absolute Gasteiger partial charge is 0.0741 e. The average molecular weight is 253 g/mol. The van der Waals surface area contributed by atoms with Gasteiger partial charge >= 0.3 is 0 Å². The highest BCUT2D eigenvalue weighted by atomic mass is 32.2. The first-order valence-corrected chi connectivity index (χ1v) is 7.06. The summed E-state index contributed by atoms with van der Waals surface area (Å²) in [4.78, 5) is 1.31. The summed E-state index contributed by atoms with van der Waals surface area (Å²) in [7, 11) is 0. The zero-order valence-electron chi connectivity index (χ0n) is 11.0. The highest BCUT2D eigenvalue weighted by Gasteiger charge is 2.16. The van der Waals surface area contributed by atoms with Crippen LogP contribution in [0.5, 0.6) is 0 Å². The molecule has 0 aliphatic heterocycles. The van der Waals surface area contributed by atoms with Gasteiger partial charge in [-0.3, -0.25) is 0 Å². The summed E-state index contributed by atoms with van der Waals surface area (Å²) in [6, 6.07) is 6.54. The third-order valence-corrected chi connectivity index (χ3v) is 4.13. The summed E-state index contributed by atoms with van der Waals surface area (Å²) in [6.07, 6.45) is 1.75. The molecule has 2 nitrogen and oxygen atoms in total. The quantitative estimate of drug-likeness (QED) is 0.605. The summed E-state index contributed by atoms with van der Waals surface area (Å²) in [5.74, 6) is 1.03. The van der Waals surface area contributed by atoms with Crippen LogP contribution < -0.4 is 5.73 Å². The second-order valence-electron chi connectivity index (χ2n) is 4.90. The molecule has 1 rings (SSSR count). The monoisotopic (exact) mass is 253 g/mol. The van der Waals surface area contributed by atoms with Gasteiger partial charge in [0.05, 0.1) is 5.60 Å². The van der Waals surface area contributed by atoms with Crippen LogP contribution in [0.15, 0.2) is 23.1 Å². The van der Waals surface area contributed by atoms with Gasteiger partial charge < -0.3 is 10.8 Å². The van der Waals surface area contributed by atoms with Gasteiger partial charge in [-0.15, -0.1) is 11.8 Å². The van der Waals surface area contributed by atoms with E-state index in [0.717, 1.165) is 18.6 Å². The number of benzene rings is 1. The van der Waals surface area contributed by atoms with Gasteiger partial charge in [-0.2, -0.15) is 0 Å². The molecule has 3 N–H and O–H groups in total. The van der Waals surface area contributed by atoms with E-state index in [-0.39, 0.29) is 0 Å². The Bertz CT molecular complexity index is 363. The summed E-state index contributed by atoms with van der Waals surface area (Å²) < 4.78 is 0. The number of hydrogen-bond donors (Lipinski definition) is 2. The van der Waals surface area contributed by atoms with Crippen molar-refractivity contribution in [2.75, 3.05) is 12.3 Å². The minimum atomic E-state index is -0.705. The Morgan fingerprint density at radius 2 is 2.00 bits per heavy atom. The number of thioether (sulfide) groups is 1. The maximum Gasteiger partial charge on any atom is 0.0741 e. The van der Waals surface area contributed by atoms with Crippen LogP contribution >= 0.6 is 11.8 Å². The molecule has 0 bridgehead atoms. The second kappa shape index (κ2) is 6.43. The molecule has 1 aromatic carbocycles. The van der Waals surface area contributed by atoms with Gasteiger partial charge in [0.1, 0.15) is 0 Å². The topological polar surface area (TPSA) is 46.2 Å². The Labute approximate surface area is 109 Å². The fraction of sp³-hybridized carbons (Fsp3) is 0.571. The fourth-order valence-corrected chi connectivity index (χ4v) is 2.50. The van der Waals surface area contributed by atoms with Crippen LogP contribution in [0.25, 0.3) is 0 Å². The molecule has 0 spiro atoms. The second-order valence-corrected chi connectivity index (χ2v) is 6.07. The van der Waals surface area contributed by atoms with E-state index in [1.165, 1.54) is 16.0 Å². The molecule has 0 radical (unpaired) electrons. The highest BCUT2D eigenvalue weighted by Crippen LogP contribution is 2.23. The molecular weight excluding hydrogens is 230 g/mol. The Balaban J connectivity index is 2.34. The van der Waals surface area contributed by atoms with E-state index in [1.807, 2.05) is 11.8 Å². The van der Waals surface area contributed by atoms with Crippen molar-refractivity contribution < 1.29 is 5.11 Å². The molecule has 0 aliphatic rings. The standard InChI is InChI=1S/C14H23NOS/c1-11-5-6-13(9-12(11)2)17-8-4-7-14(3,16)10-15/h5-6,9,16H,4,7-8,10,15H2,1-3H3. The number of aliphatic hydroxyl groups is 1. The van der Waals surface area contributed by atoms with Gasteiger partial charge in [0, 0.05) is 11.4 Å². The molecule has 0 aliphatic carbocycles. The molecule has 0 aromatic heterocycles. The summed E-state index contributed by atoms with van der Waals surface area (Å²) in [6.45, 7) is 6.40. The lowest BCUT2D eigenvalue weighted by molar-refractivity contribution is 0.0596. The van der Waals surface area contributed by atoms with E-state index < -0.39 is 5.60 Å². The van der Waals surface area contributed by atoms with Crippen molar-refractivity contribution in [3.05, 3.63) is 29.3 Å². The predicted octanol–water partition coefficient (Wildman–Crippen LogP) is 2.89. The van der Waals surface area contributed by atoms with Gasteiger partial charge in [0.25, 0.3) is 0 Å². The molecule has 17 heavy (non-hydrogen) atoms. The molecule has 1 aromatic rings. The van der Waals surface area contributed by atoms with E-state index >= 15 is 0 Å². The first kappa shape index (κ1) is 14.6. The molecule has 0 saturated heterocycles. The molecule has 1 unspecified atom stereocenters. The van der Waals surface area contributed by atoms with Crippen molar-refractivity contribution in [1.29, 1.82) is 0 Å². The Morgan fingerprint density at radius 3 is 2.59 bits per heavy atom. The van der Waals surface area contributed by atoms with Gasteiger partial charge in [0.2, 0.25) is 0 Å². The Kier molecular flexibility index (Phi) is 5.50. The van der Waals surface area contributed by atoms with E-state index in [2.05, 4.69) is 32.0 Å². The van der Waals surface area contributed by atoms with E-state index in [1.54, 1.807) is 6.92 Å². The first-order chi connectivity index (χ1) is 7.94. The maximum atomic E-state index is 9.77. The van der Waals surface area contributed by atoms with Gasteiger partial charge in [-0.05, 0) is 62.6 Å². The molecular formula is C14H23NOS. The van der Waals surface area contributed by atoms with Gasteiger partial charge in [0.15, 0.2) is 0 Å². The zero-order valence-corrected chi connectivity index (χ0v) is 11.8. The van der Waals surface area contributed by atoms with Crippen molar-refractivity contribution in [1.82, 2.24) is 0 Å². The lowest BCUT2D eigenvalue weighted by atomic mass is 10.0. The van der Waals surface area contributed by atoms with Crippen molar-refractivity contribution in [2.24, 2.45) is 5.73 Å². The van der Waals surface area contributed by atoms with Crippen molar-refractivity contribution in [2.45, 2.75) is 44.1 Å². The molecule has 0 fully saturated rings. The van der Waals surface area contributed by atoms with Crippen LogP contribution in [-0.2, 0) is 0 Å². The predicted molar refractivity (Wildman–Crippen MR) is 75.6 cm³/mol. The minimum Gasteiger partial charge on any atom is -0.389 e. The zero-order chi connectivity index (χ0) is 12.9. The van der Waals surface area contributed by atoms with Crippen molar-refractivity contribution >= 4 is 11.8 Å². The Morgan fingerprint density at radius 1 is 1.29 bits per heavy atom. The first-order valence-electron chi connectivity index (χ1n) is 6.07. The minimum absolute atomic E-state index is 0.335. The summed E-state index contributed by atoms with van der Waals surface area (Å²) in [5.41, 5.74) is 7.45. The van der Waals surface area contributed by atoms with Crippen LogP contribution in [0.3, 0.4) is 0 Å². The van der Waals surface area contributed by atoms with Crippen LogP contribution in [0.1, 0.15) is 30.9 Å². The van der Waals surface area contributed by atoms with E-state index in [4.69, 9.17) is 5.73 Å². The number of rotatable bonds is 6. The Hall–Kier alpha value is -0.510. The van der Waals surface area contributed by atoms with Crippen LogP contribution in [-0.4, -0.2) is 23.0 Å². The molecule has 0 amide bonds. The SMILES string of the molecule is Cc1ccc(SCCCC(C)(O)CN)cc1C. The van der Waals surface area contributed by atoms with Crippen molar-refractivity contribution in [3.8, 4) is 0 Å². The van der Waals surface area contributed by atoms with Crippen molar-refractivity contribution in [3.63, 3.8) is 0 Å². The third kappa shape index (κ3) is 5.11. The van der Waals surface area contributed by atoms with Gasteiger partial charge in [-0.1, -0.05) is 6.07 Å². The largest absolute Gasteiger partial charge is 0.389 e. The van der Waals surface area contributed by atoms with Gasteiger partial charge in [-0.25, -0.2) is 0 Å². The molecule has 0 saturated carbocycles. The number of aryl methyl sites for hydroxylation is 2. The fourth-order valence-electron chi connectivity index (χ4n) is 1.55. The highest BCUT2D eigenvalue weighted by molar-refractivity contribution is 7.99. The van der Waals surface area contributed by atoms with Crippen LogP contribution in [0, 0.1) is 13.8 Å². The normalized spacial score (nSPS) is 14.6. The van der Waals surface area contributed by atoms with Crippen LogP contribution in [0.2, 0.25) is 0 Å². The van der Waals surface area contributed by atoms with E-state index in [9.17, 15) is 5.11 Å². The molecule has 3 heteroatoms. The molecule has 1 atom stereocenters.